The highest BCUT2D eigenvalue weighted by Crippen LogP contribution is 2.26. The van der Waals surface area contributed by atoms with E-state index in [-0.39, 0.29) is 6.04 Å². The van der Waals surface area contributed by atoms with Crippen LogP contribution in [0.25, 0.3) is 0 Å². The van der Waals surface area contributed by atoms with E-state index in [0.717, 1.165) is 27.3 Å². The van der Waals surface area contributed by atoms with E-state index in [4.69, 9.17) is 10.5 Å². The molecule has 4 heteroatoms. The molecule has 2 atom stereocenters. The van der Waals surface area contributed by atoms with Crippen LogP contribution < -0.4 is 10.5 Å². The molecule has 0 saturated heterocycles. The van der Waals surface area contributed by atoms with Crippen molar-refractivity contribution in [2.75, 3.05) is 12.9 Å². The van der Waals surface area contributed by atoms with Gasteiger partial charge in [0.05, 0.1) is 17.9 Å². The van der Waals surface area contributed by atoms with Crippen molar-refractivity contribution in [1.82, 2.24) is 0 Å². The fourth-order valence-corrected chi connectivity index (χ4v) is 3.64. The third-order valence-electron chi connectivity index (χ3n) is 3.45. The van der Waals surface area contributed by atoms with Crippen molar-refractivity contribution in [3.8, 4) is 5.75 Å². The fraction of sp³-hybridized carbons (Fsp3) is 0.294. The second-order valence-electron chi connectivity index (χ2n) is 5.13. The number of ether oxygens (including phenoxy) is 1. The van der Waals surface area contributed by atoms with Crippen LogP contribution in [0, 0.1) is 13.8 Å². The van der Waals surface area contributed by atoms with E-state index in [1.54, 1.807) is 7.11 Å². The minimum absolute atomic E-state index is 0.319. The van der Waals surface area contributed by atoms with Crippen LogP contribution in [-0.4, -0.2) is 17.1 Å². The number of hydrogen-bond acceptors (Lipinski definition) is 3. The first-order valence-electron chi connectivity index (χ1n) is 6.87. The molecule has 0 aliphatic rings. The molecule has 21 heavy (non-hydrogen) atoms. The van der Waals surface area contributed by atoms with Gasteiger partial charge in [0.15, 0.2) is 0 Å². The number of hydrogen-bond donors (Lipinski definition) is 1. The van der Waals surface area contributed by atoms with Crippen LogP contribution >= 0.6 is 0 Å². The molecule has 3 nitrogen and oxygen atoms in total. The standard InChI is InChI=1S/C17H21NO2S/c1-12-8-9-16(20-3)14(10-12)15(18)11-21(19)17-7-5-4-6-13(17)2/h4-10,15H,11,18H2,1-3H3. The van der Waals surface area contributed by atoms with Crippen LogP contribution in [0.15, 0.2) is 47.4 Å². The summed E-state index contributed by atoms with van der Waals surface area (Å²) in [6.45, 7) is 3.97. The summed E-state index contributed by atoms with van der Waals surface area (Å²) in [6, 6.07) is 13.3. The molecule has 2 N–H and O–H groups in total. The van der Waals surface area contributed by atoms with Gasteiger partial charge in [-0.1, -0.05) is 35.9 Å². The molecule has 2 aromatic carbocycles. The Bertz CT molecular complexity index is 655. The van der Waals surface area contributed by atoms with Gasteiger partial charge in [-0.3, -0.25) is 4.21 Å². The first-order chi connectivity index (χ1) is 10.0. The van der Waals surface area contributed by atoms with Gasteiger partial charge in [0, 0.05) is 22.3 Å². The van der Waals surface area contributed by atoms with E-state index in [2.05, 4.69) is 0 Å². The van der Waals surface area contributed by atoms with Gasteiger partial charge in [0.25, 0.3) is 0 Å². The Morgan fingerprint density at radius 2 is 1.90 bits per heavy atom. The minimum atomic E-state index is -1.12. The smallest absolute Gasteiger partial charge is 0.123 e. The van der Waals surface area contributed by atoms with Crippen molar-refractivity contribution in [2.45, 2.75) is 24.8 Å². The Morgan fingerprint density at radius 1 is 1.19 bits per heavy atom. The van der Waals surface area contributed by atoms with E-state index in [1.165, 1.54) is 0 Å². The lowest BCUT2D eigenvalue weighted by molar-refractivity contribution is 0.407. The first kappa shape index (κ1) is 15.7. The molecule has 2 rings (SSSR count). The summed E-state index contributed by atoms with van der Waals surface area (Å²) in [5.41, 5.74) is 9.30. The van der Waals surface area contributed by atoms with Gasteiger partial charge in [-0.05, 0) is 31.5 Å². The van der Waals surface area contributed by atoms with Gasteiger partial charge in [-0.2, -0.15) is 0 Å². The number of aryl methyl sites for hydroxylation is 2. The Kier molecular flexibility index (Phi) is 5.15. The number of rotatable bonds is 5. The third kappa shape index (κ3) is 3.71. The summed E-state index contributed by atoms with van der Waals surface area (Å²) >= 11 is 0. The van der Waals surface area contributed by atoms with Crippen LogP contribution in [0.2, 0.25) is 0 Å². The van der Waals surface area contributed by atoms with Gasteiger partial charge >= 0.3 is 0 Å². The summed E-state index contributed by atoms with van der Waals surface area (Å²) in [5.74, 6) is 1.12. The molecule has 0 radical (unpaired) electrons. The Hall–Kier alpha value is -1.65. The van der Waals surface area contributed by atoms with Crippen molar-refractivity contribution in [2.24, 2.45) is 5.73 Å². The average molecular weight is 303 g/mol. The fourth-order valence-electron chi connectivity index (χ4n) is 2.30. The van der Waals surface area contributed by atoms with Crippen LogP contribution in [0.5, 0.6) is 5.75 Å². The van der Waals surface area contributed by atoms with Gasteiger partial charge < -0.3 is 10.5 Å². The van der Waals surface area contributed by atoms with Crippen molar-refractivity contribution in [3.63, 3.8) is 0 Å². The number of benzene rings is 2. The molecule has 0 heterocycles. The zero-order valence-electron chi connectivity index (χ0n) is 12.6. The van der Waals surface area contributed by atoms with E-state index in [1.807, 2.05) is 56.3 Å². The highest BCUT2D eigenvalue weighted by molar-refractivity contribution is 7.85. The minimum Gasteiger partial charge on any atom is -0.496 e. The van der Waals surface area contributed by atoms with Gasteiger partial charge in [0.1, 0.15) is 5.75 Å². The zero-order valence-corrected chi connectivity index (χ0v) is 13.4. The van der Waals surface area contributed by atoms with Gasteiger partial charge in [0.2, 0.25) is 0 Å². The van der Waals surface area contributed by atoms with E-state index in [0.29, 0.717) is 5.75 Å². The maximum Gasteiger partial charge on any atom is 0.123 e. The number of methoxy groups -OCH3 is 1. The molecule has 2 unspecified atom stereocenters. The molecule has 0 aromatic heterocycles. The predicted molar refractivity (Wildman–Crippen MR) is 87.1 cm³/mol. The summed E-state index contributed by atoms with van der Waals surface area (Å²) in [7, 11) is 0.501. The quantitative estimate of drug-likeness (QED) is 0.923. The van der Waals surface area contributed by atoms with E-state index < -0.39 is 10.8 Å². The van der Waals surface area contributed by atoms with Crippen molar-refractivity contribution >= 4 is 10.8 Å². The number of nitrogens with two attached hydrogens (primary N) is 1. The Morgan fingerprint density at radius 3 is 2.57 bits per heavy atom. The van der Waals surface area contributed by atoms with Crippen LogP contribution in [-0.2, 0) is 10.8 Å². The van der Waals surface area contributed by atoms with Gasteiger partial charge in [-0.25, -0.2) is 0 Å². The molecule has 0 bridgehead atoms. The monoisotopic (exact) mass is 303 g/mol. The molecule has 0 fully saturated rings. The normalized spacial score (nSPS) is 13.7. The Labute approximate surface area is 128 Å². The average Bonchev–Trinajstić information content (AvgIpc) is 2.47. The molecule has 0 aliphatic carbocycles. The van der Waals surface area contributed by atoms with Crippen LogP contribution in [0.3, 0.4) is 0 Å². The lowest BCUT2D eigenvalue weighted by Gasteiger charge is -2.16. The lowest BCUT2D eigenvalue weighted by Crippen LogP contribution is -2.19. The molecule has 2 aromatic rings. The van der Waals surface area contributed by atoms with E-state index >= 15 is 0 Å². The lowest BCUT2D eigenvalue weighted by atomic mass is 10.1. The third-order valence-corrected chi connectivity index (χ3v) is 5.06. The first-order valence-corrected chi connectivity index (χ1v) is 8.19. The zero-order chi connectivity index (χ0) is 15.4. The molecule has 0 amide bonds. The molecule has 112 valence electrons. The second-order valence-corrected chi connectivity index (χ2v) is 6.59. The molecular formula is C17H21NO2S. The summed E-state index contributed by atoms with van der Waals surface area (Å²) < 4.78 is 17.9. The maximum atomic E-state index is 12.5. The summed E-state index contributed by atoms with van der Waals surface area (Å²) in [5, 5.41) is 0. The SMILES string of the molecule is COc1ccc(C)cc1C(N)CS(=O)c1ccccc1C. The van der Waals surface area contributed by atoms with E-state index in [9.17, 15) is 4.21 Å². The van der Waals surface area contributed by atoms with Crippen molar-refractivity contribution in [3.05, 3.63) is 59.2 Å². The molecule has 0 saturated carbocycles. The van der Waals surface area contributed by atoms with Crippen LogP contribution in [0.4, 0.5) is 0 Å². The largest absolute Gasteiger partial charge is 0.496 e. The van der Waals surface area contributed by atoms with Crippen molar-refractivity contribution < 1.29 is 8.95 Å². The van der Waals surface area contributed by atoms with Gasteiger partial charge in [-0.15, -0.1) is 0 Å². The summed E-state index contributed by atoms with van der Waals surface area (Å²) in [4.78, 5) is 0.847. The maximum absolute atomic E-state index is 12.5. The molecule has 0 spiro atoms. The highest BCUT2D eigenvalue weighted by Gasteiger charge is 2.17. The molecular weight excluding hydrogens is 282 g/mol. The topological polar surface area (TPSA) is 52.3 Å². The molecule has 0 aliphatic heterocycles. The Balaban J connectivity index is 2.22. The highest BCUT2D eigenvalue weighted by atomic mass is 32.2. The van der Waals surface area contributed by atoms with Crippen LogP contribution in [0.1, 0.15) is 22.7 Å². The summed E-state index contributed by atoms with van der Waals surface area (Å²) in [6.07, 6.45) is 0. The van der Waals surface area contributed by atoms with Crippen molar-refractivity contribution in [1.29, 1.82) is 0 Å². The predicted octanol–water partition coefficient (Wildman–Crippen LogP) is 3.12. The second kappa shape index (κ2) is 6.87.